The first-order valence-electron chi connectivity index (χ1n) is 5.64. The number of hydrogen-bond donors (Lipinski definition) is 1. The third kappa shape index (κ3) is 2.79. The van der Waals surface area contributed by atoms with Gasteiger partial charge in [0, 0.05) is 32.0 Å². The number of nitrogens with zero attached hydrogens (tertiary/aromatic N) is 3. The van der Waals surface area contributed by atoms with Gasteiger partial charge in [0.25, 0.3) is 0 Å². The van der Waals surface area contributed by atoms with Crippen LogP contribution in [0.3, 0.4) is 0 Å². The standard InChI is InChI=1S/C11H20N4/c1-14(8-10-4-3-5-12-10)9-11-13-6-7-15(11)2/h6-7,10,12H,3-5,8-9H2,1-2H3/t10-/m0/s1. The Morgan fingerprint density at radius 2 is 2.53 bits per heavy atom. The Bertz CT molecular complexity index is 301. The molecule has 1 N–H and O–H groups in total. The van der Waals surface area contributed by atoms with E-state index in [1.807, 2.05) is 19.4 Å². The Morgan fingerprint density at radius 1 is 1.67 bits per heavy atom. The quantitative estimate of drug-likeness (QED) is 0.787. The van der Waals surface area contributed by atoms with Crippen molar-refractivity contribution in [1.29, 1.82) is 0 Å². The van der Waals surface area contributed by atoms with Crippen LogP contribution in [0, 0.1) is 0 Å². The van der Waals surface area contributed by atoms with Crippen molar-refractivity contribution < 1.29 is 0 Å². The number of nitrogens with one attached hydrogen (secondary N) is 1. The number of aryl methyl sites for hydroxylation is 1. The summed E-state index contributed by atoms with van der Waals surface area (Å²) in [6.45, 7) is 3.23. The number of rotatable bonds is 4. The van der Waals surface area contributed by atoms with E-state index in [1.165, 1.54) is 19.4 Å². The second kappa shape index (κ2) is 4.77. The largest absolute Gasteiger partial charge is 0.337 e. The van der Waals surface area contributed by atoms with Crippen LogP contribution in [0.4, 0.5) is 0 Å². The van der Waals surface area contributed by atoms with Gasteiger partial charge in [-0.3, -0.25) is 4.90 Å². The Balaban J connectivity index is 1.81. The molecular weight excluding hydrogens is 188 g/mol. The summed E-state index contributed by atoms with van der Waals surface area (Å²) < 4.78 is 2.08. The van der Waals surface area contributed by atoms with Crippen LogP contribution >= 0.6 is 0 Å². The molecule has 4 heteroatoms. The van der Waals surface area contributed by atoms with Crippen molar-refractivity contribution >= 4 is 0 Å². The van der Waals surface area contributed by atoms with Gasteiger partial charge >= 0.3 is 0 Å². The van der Waals surface area contributed by atoms with Crippen LogP contribution in [0.1, 0.15) is 18.7 Å². The fourth-order valence-corrected chi connectivity index (χ4v) is 2.14. The van der Waals surface area contributed by atoms with Gasteiger partial charge in [-0.2, -0.15) is 0 Å². The molecule has 2 heterocycles. The Morgan fingerprint density at radius 3 is 3.13 bits per heavy atom. The van der Waals surface area contributed by atoms with Crippen molar-refractivity contribution in [2.45, 2.75) is 25.4 Å². The van der Waals surface area contributed by atoms with Gasteiger partial charge in [-0.05, 0) is 26.4 Å². The van der Waals surface area contributed by atoms with Crippen molar-refractivity contribution in [1.82, 2.24) is 19.8 Å². The van der Waals surface area contributed by atoms with E-state index < -0.39 is 0 Å². The molecule has 1 aliphatic rings. The summed E-state index contributed by atoms with van der Waals surface area (Å²) in [7, 11) is 4.21. The maximum Gasteiger partial charge on any atom is 0.122 e. The molecule has 1 fully saturated rings. The van der Waals surface area contributed by atoms with E-state index in [-0.39, 0.29) is 0 Å². The third-order valence-electron chi connectivity index (χ3n) is 3.03. The molecule has 1 aliphatic heterocycles. The molecule has 15 heavy (non-hydrogen) atoms. The Hall–Kier alpha value is -0.870. The van der Waals surface area contributed by atoms with Crippen molar-refractivity contribution in [3.05, 3.63) is 18.2 Å². The second-order valence-electron chi connectivity index (χ2n) is 4.44. The summed E-state index contributed by atoms with van der Waals surface area (Å²) in [6.07, 6.45) is 6.49. The van der Waals surface area contributed by atoms with E-state index in [4.69, 9.17) is 0 Å². The molecule has 0 aromatic carbocycles. The van der Waals surface area contributed by atoms with Crippen LogP contribution in [0.2, 0.25) is 0 Å². The van der Waals surface area contributed by atoms with Gasteiger partial charge in [0.15, 0.2) is 0 Å². The van der Waals surface area contributed by atoms with Gasteiger partial charge < -0.3 is 9.88 Å². The molecule has 4 nitrogen and oxygen atoms in total. The van der Waals surface area contributed by atoms with E-state index in [0.29, 0.717) is 6.04 Å². The molecule has 0 amide bonds. The minimum atomic E-state index is 0.676. The highest BCUT2D eigenvalue weighted by atomic mass is 15.2. The zero-order valence-corrected chi connectivity index (χ0v) is 9.61. The van der Waals surface area contributed by atoms with E-state index >= 15 is 0 Å². The van der Waals surface area contributed by atoms with Crippen molar-refractivity contribution in [2.75, 3.05) is 20.1 Å². The average molecular weight is 208 g/mol. The maximum atomic E-state index is 4.33. The lowest BCUT2D eigenvalue weighted by Crippen LogP contribution is -2.35. The smallest absolute Gasteiger partial charge is 0.122 e. The molecule has 2 rings (SSSR count). The Labute approximate surface area is 91.3 Å². The first-order chi connectivity index (χ1) is 7.25. The van der Waals surface area contributed by atoms with E-state index in [1.54, 1.807) is 0 Å². The normalized spacial score (nSPS) is 21.4. The minimum absolute atomic E-state index is 0.676. The van der Waals surface area contributed by atoms with Crippen LogP contribution in [0.25, 0.3) is 0 Å². The van der Waals surface area contributed by atoms with Crippen LogP contribution in [0.15, 0.2) is 12.4 Å². The molecule has 0 radical (unpaired) electrons. The van der Waals surface area contributed by atoms with Crippen LogP contribution in [-0.2, 0) is 13.6 Å². The molecule has 1 aromatic heterocycles. The highest BCUT2D eigenvalue weighted by Crippen LogP contribution is 2.07. The molecule has 1 saturated heterocycles. The minimum Gasteiger partial charge on any atom is -0.337 e. The predicted octanol–water partition coefficient (Wildman–Crippen LogP) is 0.604. The molecule has 0 saturated carbocycles. The average Bonchev–Trinajstić information content (AvgIpc) is 2.79. The topological polar surface area (TPSA) is 33.1 Å². The maximum absolute atomic E-state index is 4.33. The fourth-order valence-electron chi connectivity index (χ4n) is 2.14. The number of hydrogen-bond acceptors (Lipinski definition) is 3. The van der Waals surface area contributed by atoms with E-state index in [9.17, 15) is 0 Å². The van der Waals surface area contributed by atoms with Crippen LogP contribution < -0.4 is 5.32 Å². The molecule has 1 aromatic rings. The van der Waals surface area contributed by atoms with E-state index in [2.05, 4.69) is 26.8 Å². The van der Waals surface area contributed by atoms with Gasteiger partial charge in [0.05, 0.1) is 6.54 Å². The first kappa shape index (κ1) is 10.6. The second-order valence-corrected chi connectivity index (χ2v) is 4.44. The van der Waals surface area contributed by atoms with Gasteiger partial charge in [0.1, 0.15) is 5.82 Å². The SMILES string of the molecule is CN(Cc1nccn1C)C[C@@H]1CCCN1. The zero-order chi connectivity index (χ0) is 10.7. The predicted molar refractivity (Wildman–Crippen MR) is 60.6 cm³/mol. The number of imidazole rings is 1. The van der Waals surface area contributed by atoms with Crippen molar-refractivity contribution in [3.63, 3.8) is 0 Å². The number of aromatic nitrogens is 2. The van der Waals surface area contributed by atoms with Gasteiger partial charge in [-0.1, -0.05) is 0 Å². The number of likely N-dealkylation sites (N-methyl/N-ethyl adjacent to an activating group) is 1. The summed E-state index contributed by atoms with van der Waals surface area (Å²) in [6, 6.07) is 0.676. The zero-order valence-electron chi connectivity index (χ0n) is 9.61. The first-order valence-corrected chi connectivity index (χ1v) is 5.64. The lowest BCUT2D eigenvalue weighted by molar-refractivity contribution is 0.284. The summed E-state index contributed by atoms with van der Waals surface area (Å²) >= 11 is 0. The molecular formula is C11H20N4. The molecule has 0 unspecified atom stereocenters. The fraction of sp³-hybridized carbons (Fsp3) is 0.727. The van der Waals surface area contributed by atoms with Crippen molar-refractivity contribution in [2.24, 2.45) is 7.05 Å². The van der Waals surface area contributed by atoms with E-state index in [0.717, 1.165) is 18.9 Å². The third-order valence-corrected chi connectivity index (χ3v) is 3.03. The molecule has 0 aliphatic carbocycles. The summed E-state index contributed by atoms with van der Waals surface area (Å²) in [5.41, 5.74) is 0. The van der Waals surface area contributed by atoms with Crippen LogP contribution in [-0.4, -0.2) is 40.6 Å². The monoisotopic (exact) mass is 208 g/mol. The summed E-state index contributed by atoms with van der Waals surface area (Å²) in [5, 5.41) is 3.51. The Kier molecular flexibility index (Phi) is 3.38. The molecule has 0 bridgehead atoms. The molecule has 1 atom stereocenters. The highest BCUT2D eigenvalue weighted by molar-refractivity contribution is 4.91. The molecule has 0 spiro atoms. The summed E-state index contributed by atoms with van der Waals surface area (Å²) in [5.74, 6) is 1.13. The molecule has 84 valence electrons. The highest BCUT2D eigenvalue weighted by Gasteiger charge is 2.16. The van der Waals surface area contributed by atoms with Gasteiger partial charge in [-0.25, -0.2) is 4.98 Å². The van der Waals surface area contributed by atoms with Crippen LogP contribution in [0.5, 0.6) is 0 Å². The lowest BCUT2D eigenvalue weighted by atomic mass is 10.2. The van der Waals surface area contributed by atoms with Gasteiger partial charge in [0.2, 0.25) is 0 Å². The lowest BCUT2D eigenvalue weighted by Gasteiger charge is -2.20. The summed E-state index contributed by atoms with van der Waals surface area (Å²) in [4.78, 5) is 6.67. The van der Waals surface area contributed by atoms with Gasteiger partial charge in [-0.15, -0.1) is 0 Å². The van der Waals surface area contributed by atoms with Crippen molar-refractivity contribution in [3.8, 4) is 0 Å².